The summed E-state index contributed by atoms with van der Waals surface area (Å²) in [7, 11) is 0. The molecule has 0 fully saturated rings. The van der Waals surface area contributed by atoms with Crippen LogP contribution in [0.2, 0.25) is 0 Å². The van der Waals surface area contributed by atoms with E-state index in [2.05, 4.69) is 72.8 Å². The van der Waals surface area contributed by atoms with Crippen LogP contribution in [0.25, 0.3) is 32.7 Å². The zero-order chi connectivity index (χ0) is 16.1. The molecule has 4 aromatic carbocycles. The van der Waals surface area contributed by atoms with Crippen LogP contribution < -0.4 is 0 Å². The van der Waals surface area contributed by atoms with Crippen LogP contribution in [-0.2, 0) is 12.0 Å². The quantitative estimate of drug-likeness (QED) is 0.359. The van der Waals surface area contributed by atoms with Gasteiger partial charge in [-0.15, -0.1) is 0 Å². The molecule has 0 atom stereocenters. The summed E-state index contributed by atoms with van der Waals surface area (Å²) >= 11 is -2.63. The number of benzene rings is 4. The second kappa shape index (κ2) is 5.52. The summed E-state index contributed by atoms with van der Waals surface area (Å²) in [4.78, 5) is 0. The Bertz CT molecular complexity index is 1040. The minimum atomic E-state index is -2.63. The summed E-state index contributed by atoms with van der Waals surface area (Å²) in [5.41, 5.74) is 5.17. The maximum absolute atomic E-state index is 12.8. The molecular weight excluding hydrogens is 399 g/mol. The van der Waals surface area contributed by atoms with Crippen LogP contribution in [0.5, 0.6) is 0 Å². The van der Waals surface area contributed by atoms with Gasteiger partial charge in [-0.1, -0.05) is 0 Å². The third-order valence-electron chi connectivity index (χ3n) is 5.06. The van der Waals surface area contributed by atoms with E-state index in [1.807, 2.05) is 0 Å². The van der Waals surface area contributed by atoms with Gasteiger partial charge < -0.3 is 0 Å². The number of rotatable bonds is 0. The first-order valence-corrected chi connectivity index (χ1v) is 13.5. The molecule has 4 aromatic rings. The molecule has 0 unspecified atom stereocenters. The molecular formula is C22H16OSn. The molecule has 0 aliphatic carbocycles. The van der Waals surface area contributed by atoms with Gasteiger partial charge in [0.25, 0.3) is 0 Å². The SMILES string of the molecule is [O]=[Sn]1[CH2]c2ccc3ccccc3c2-c2c(ccc3ccccc23)[CH2]1. The van der Waals surface area contributed by atoms with E-state index in [0.717, 1.165) is 8.87 Å². The fourth-order valence-electron chi connectivity index (χ4n) is 4.01. The van der Waals surface area contributed by atoms with Crippen molar-refractivity contribution >= 4 is 41.3 Å². The standard InChI is InChI=1S/C22H16.O.Sn/c1-15-11-13-17-7-3-5-9-19(17)21(15)22-16(2)12-14-18-8-4-6-10-20(18)22;;/h3-14H,1-2H2;;. The van der Waals surface area contributed by atoms with Gasteiger partial charge in [-0.2, -0.15) is 0 Å². The van der Waals surface area contributed by atoms with Gasteiger partial charge in [-0.05, 0) is 0 Å². The van der Waals surface area contributed by atoms with E-state index >= 15 is 0 Å². The topological polar surface area (TPSA) is 17.1 Å². The summed E-state index contributed by atoms with van der Waals surface area (Å²) in [6, 6.07) is 25.9. The van der Waals surface area contributed by atoms with Gasteiger partial charge in [0.2, 0.25) is 0 Å². The molecule has 0 aromatic heterocycles. The molecule has 0 N–H and O–H groups in total. The number of fused-ring (bicyclic) bond motifs is 7. The Morgan fingerprint density at radius 1 is 0.583 bits per heavy atom. The van der Waals surface area contributed by atoms with E-state index < -0.39 is 19.7 Å². The Balaban J connectivity index is 2.02. The Morgan fingerprint density at radius 3 is 1.54 bits per heavy atom. The van der Waals surface area contributed by atoms with Crippen molar-refractivity contribution < 1.29 is 3.08 Å². The first kappa shape index (κ1) is 14.4. The fraction of sp³-hybridized carbons (Fsp3) is 0.0909. The van der Waals surface area contributed by atoms with Crippen molar-refractivity contribution in [2.24, 2.45) is 0 Å². The maximum atomic E-state index is 12.8. The van der Waals surface area contributed by atoms with Crippen molar-refractivity contribution in [3.63, 3.8) is 0 Å². The van der Waals surface area contributed by atoms with Gasteiger partial charge >= 0.3 is 148 Å². The molecule has 0 bridgehead atoms. The van der Waals surface area contributed by atoms with Crippen LogP contribution in [0.4, 0.5) is 0 Å². The van der Waals surface area contributed by atoms with Gasteiger partial charge in [0.15, 0.2) is 0 Å². The second-order valence-electron chi connectivity index (χ2n) is 6.53. The first-order valence-electron chi connectivity index (χ1n) is 8.34. The van der Waals surface area contributed by atoms with Crippen LogP contribution in [0.1, 0.15) is 11.1 Å². The average Bonchev–Trinajstić information content (AvgIpc) is 2.77. The molecule has 24 heavy (non-hydrogen) atoms. The Hall–Kier alpha value is -2.00. The molecule has 5 rings (SSSR count). The normalized spacial score (nSPS) is 13.6. The summed E-state index contributed by atoms with van der Waals surface area (Å²) in [6.45, 7) is 0. The molecule has 2 heteroatoms. The van der Waals surface area contributed by atoms with Gasteiger partial charge in [0.05, 0.1) is 0 Å². The van der Waals surface area contributed by atoms with Gasteiger partial charge in [0, 0.05) is 0 Å². The van der Waals surface area contributed by atoms with Crippen LogP contribution in [0.3, 0.4) is 0 Å². The van der Waals surface area contributed by atoms with E-state index in [1.165, 1.54) is 43.8 Å². The van der Waals surface area contributed by atoms with Crippen LogP contribution in [0, 0.1) is 0 Å². The molecule has 1 aliphatic rings. The molecule has 1 nitrogen and oxygen atoms in total. The first-order chi connectivity index (χ1) is 11.8. The van der Waals surface area contributed by atoms with Crippen molar-refractivity contribution in [2.75, 3.05) is 0 Å². The molecule has 0 spiro atoms. The van der Waals surface area contributed by atoms with Crippen LogP contribution in [-0.4, -0.2) is 19.7 Å². The number of hydrogen-bond acceptors (Lipinski definition) is 1. The zero-order valence-corrected chi connectivity index (χ0v) is 16.1. The predicted molar refractivity (Wildman–Crippen MR) is 101 cm³/mol. The van der Waals surface area contributed by atoms with E-state index in [1.54, 1.807) is 0 Å². The monoisotopic (exact) mass is 416 g/mol. The van der Waals surface area contributed by atoms with Crippen LogP contribution in [0.15, 0.2) is 72.8 Å². The third-order valence-corrected chi connectivity index (χ3v) is 9.48. The van der Waals surface area contributed by atoms with Gasteiger partial charge in [-0.25, -0.2) is 0 Å². The Labute approximate surface area is 148 Å². The van der Waals surface area contributed by atoms with Crippen molar-refractivity contribution in [1.82, 2.24) is 0 Å². The Kier molecular flexibility index (Phi) is 3.30. The minimum absolute atomic E-state index is 0.797. The summed E-state index contributed by atoms with van der Waals surface area (Å²) in [5, 5.41) is 5.08. The fourth-order valence-corrected chi connectivity index (χ4v) is 8.47. The molecule has 1 heterocycles. The third kappa shape index (κ3) is 2.15. The predicted octanol–water partition coefficient (Wildman–Crippen LogP) is 5.26. The summed E-state index contributed by atoms with van der Waals surface area (Å²) < 4.78 is 14.4. The molecule has 114 valence electrons. The van der Waals surface area contributed by atoms with E-state index in [0.29, 0.717) is 0 Å². The van der Waals surface area contributed by atoms with Crippen molar-refractivity contribution in [3.8, 4) is 11.1 Å². The molecule has 1 aliphatic heterocycles. The summed E-state index contributed by atoms with van der Waals surface area (Å²) in [5.74, 6) is 0. The van der Waals surface area contributed by atoms with E-state index in [-0.39, 0.29) is 0 Å². The molecule has 0 saturated heterocycles. The van der Waals surface area contributed by atoms with Crippen LogP contribution >= 0.6 is 0 Å². The second-order valence-corrected chi connectivity index (χ2v) is 11.6. The zero-order valence-electron chi connectivity index (χ0n) is 13.3. The van der Waals surface area contributed by atoms with Crippen molar-refractivity contribution in [3.05, 3.63) is 83.9 Å². The van der Waals surface area contributed by atoms with E-state index in [9.17, 15) is 3.08 Å². The number of hydrogen-bond donors (Lipinski definition) is 0. The molecule has 0 saturated carbocycles. The van der Waals surface area contributed by atoms with Gasteiger partial charge in [-0.3, -0.25) is 0 Å². The molecule has 0 radical (unpaired) electrons. The van der Waals surface area contributed by atoms with Crippen molar-refractivity contribution in [1.29, 1.82) is 0 Å². The Morgan fingerprint density at radius 2 is 1.04 bits per heavy atom. The van der Waals surface area contributed by atoms with Crippen molar-refractivity contribution in [2.45, 2.75) is 8.87 Å². The van der Waals surface area contributed by atoms with Gasteiger partial charge in [0.1, 0.15) is 0 Å². The average molecular weight is 415 g/mol. The van der Waals surface area contributed by atoms with E-state index in [4.69, 9.17) is 0 Å². The summed E-state index contributed by atoms with van der Waals surface area (Å²) in [6.07, 6.45) is 0. The molecule has 0 amide bonds.